The first-order valence-corrected chi connectivity index (χ1v) is 10.2. The fraction of sp³-hybridized carbons (Fsp3) is 0.227. The maximum absolute atomic E-state index is 13.2. The molecule has 4 rings (SSSR count). The lowest BCUT2D eigenvalue weighted by atomic mass is 9.97. The van der Waals surface area contributed by atoms with E-state index in [1.165, 1.54) is 47.1 Å². The van der Waals surface area contributed by atoms with E-state index in [0.29, 0.717) is 36.7 Å². The molecule has 0 saturated carbocycles. The number of hydrogen-bond donors (Lipinski definition) is 1. The summed E-state index contributed by atoms with van der Waals surface area (Å²) >= 11 is 6.01. The molecule has 2 aromatic carbocycles. The van der Waals surface area contributed by atoms with Gasteiger partial charge >= 0.3 is 0 Å². The van der Waals surface area contributed by atoms with Gasteiger partial charge in [0, 0.05) is 19.2 Å². The van der Waals surface area contributed by atoms with E-state index in [1.807, 2.05) is 4.90 Å². The monoisotopic (exact) mass is 444 g/mol. The van der Waals surface area contributed by atoms with Crippen LogP contribution >= 0.6 is 11.6 Å². The molecule has 1 saturated heterocycles. The number of amides is 1. The number of benzene rings is 2. The Morgan fingerprint density at radius 1 is 1.06 bits per heavy atom. The van der Waals surface area contributed by atoms with Gasteiger partial charge in [0.2, 0.25) is 5.91 Å². The molecule has 1 atom stereocenters. The third-order valence-corrected chi connectivity index (χ3v) is 5.48. The number of carbonyl (C=O) groups excluding carboxylic acids is 1. The highest BCUT2D eigenvalue weighted by Gasteiger charge is 2.27. The van der Waals surface area contributed by atoms with Gasteiger partial charge in [-0.3, -0.25) is 9.59 Å². The zero-order chi connectivity index (χ0) is 22.0. The molecular weight excluding hydrogens is 426 g/mol. The smallest absolute Gasteiger partial charge is 0.271 e. The van der Waals surface area contributed by atoms with Crippen LogP contribution in [0.25, 0.3) is 5.69 Å². The number of aromatic nitrogens is 2. The Kier molecular flexibility index (Phi) is 5.99. The third-order valence-electron chi connectivity index (χ3n) is 5.16. The quantitative estimate of drug-likeness (QED) is 0.660. The van der Waals surface area contributed by atoms with Gasteiger partial charge < -0.3 is 10.2 Å². The van der Waals surface area contributed by atoms with E-state index >= 15 is 0 Å². The fourth-order valence-electron chi connectivity index (χ4n) is 3.56. The van der Waals surface area contributed by atoms with Crippen molar-refractivity contribution in [3.05, 3.63) is 81.6 Å². The average Bonchev–Trinajstić information content (AvgIpc) is 2.77. The predicted octanol–water partition coefficient (Wildman–Crippen LogP) is 4.02. The van der Waals surface area contributed by atoms with Crippen LogP contribution in [-0.2, 0) is 4.79 Å². The van der Waals surface area contributed by atoms with Crippen LogP contribution in [0.1, 0.15) is 12.8 Å². The largest absolute Gasteiger partial charge is 0.354 e. The van der Waals surface area contributed by atoms with Crippen LogP contribution < -0.4 is 15.8 Å². The van der Waals surface area contributed by atoms with Crippen LogP contribution in [0.3, 0.4) is 0 Å². The number of nitrogens with one attached hydrogen (secondary N) is 1. The molecule has 0 spiro atoms. The van der Waals surface area contributed by atoms with Crippen molar-refractivity contribution in [2.75, 3.05) is 23.3 Å². The van der Waals surface area contributed by atoms with E-state index in [4.69, 9.17) is 11.6 Å². The van der Waals surface area contributed by atoms with Crippen molar-refractivity contribution < 1.29 is 13.6 Å². The van der Waals surface area contributed by atoms with E-state index in [-0.39, 0.29) is 22.4 Å². The number of nitrogens with zero attached hydrogens (tertiary/aromatic N) is 3. The predicted molar refractivity (Wildman–Crippen MR) is 115 cm³/mol. The molecule has 1 fully saturated rings. The lowest BCUT2D eigenvalue weighted by molar-refractivity contribution is -0.120. The van der Waals surface area contributed by atoms with Gasteiger partial charge in [0.1, 0.15) is 17.5 Å². The average molecular weight is 445 g/mol. The van der Waals surface area contributed by atoms with E-state index < -0.39 is 11.6 Å². The zero-order valence-electron chi connectivity index (χ0n) is 16.4. The summed E-state index contributed by atoms with van der Waals surface area (Å²) in [6.07, 6.45) is 1.44. The molecule has 0 bridgehead atoms. The summed E-state index contributed by atoms with van der Waals surface area (Å²) in [6, 6.07) is 12.3. The van der Waals surface area contributed by atoms with Crippen molar-refractivity contribution in [1.29, 1.82) is 0 Å². The topological polar surface area (TPSA) is 67.2 Å². The van der Waals surface area contributed by atoms with Gasteiger partial charge in [-0.2, -0.15) is 4.68 Å². The molecule has 2 heterocycles. The van der Waals surface area contributed by atoms with Crippen molar-refractivity contribution in [3.8, 4) is 5.69 Å². The minimum atomic E-state index is -0.478. The molecule has 0 aliphatic carbocycles. The van der Waals surface area contributed by atoms with Crippen LogP contribution in [-0.4, -0.2) is 28.8 Å². The summed E-state index contributed by atoms with van der Waals surface area (Å²) in [5.41, 5.74) is 0.464. The Balaban J connectivity index is 1.52. The molecule has 1 aliphatic rings. The van der Waals surface area contributed by atoms with Crippen LogP contribution in [0.2, 0.25) is 5.02 Å². The molecule has 31 heavy (non-hydrogen) atoms. The van der Waals surface area contributed by atoms with Gasteiger partial charge in [0.25, 0.3) is 5.56 Å². The molecule has 160 valence electrons. The summed E-state index contributed by atoms with van der Waals surface area (Å²) in [7, 11) is 0. The second-order valence-electron chi connectivity index (χ2n) is 7.32. The number of hydrogen-bond acceptors (Lipinski definition) is 4. The number of anilines is 2. The van der Waals surface area contributed by atoms with Gasteiger partial charge in [0.15, 0.2) is 0 Å². The molecule has 3 aromatic rings. The zero-order valence-corrected chi connectivity index (χ0v) is 17.1. The number of piperidine rings is 1. The summed E-state index contributed by atoms with van der Waals surface area (Å²) in [6.45, 7) is 1.08. The van der Waals surface area contributed by atoms with Crippen LogP contribution in [0.5, 0.6) is 0 Å². The lowest BCUT2D eigenvalue weighted by Crippen LogP contribution is -2.41. The highest BCUT2D eigenvalue weighted by atomic mass is 35.5. The van der Waals surface area contributed by atoms with Gasteiger partial charge in [-0.25, -0.2) is 8.78 Å². The summed E-state index contributed by atoms with van der Waals surface area (Å²) in [5.74, 6) is -0.887. The SMILES string of the molecule is O=C(Nc1ccc(F)cc1Cl)C1CCCN(c2ccc(=O)n(-c3ccc(F)cc3)n2)C1. The maximum Gasteiger partial charge on any atom is 0.271 e. The molecule has 0 radical (unpaired) electrons. The summed E-state index contributed by atoms with van der Waals surface area (Å²) in [4.78, 5) is 26.9. The van der Waals surface area contributed by atoms with Crippen LogP contribution in [0.15, 0.2) is 59.4 Å². The van der Waals surface area contributed by atoms with Crippen molar-refractivity contribution in [1.82, 2.24) is 9.78 Å². The maximum atomic E-state index is 13.2. The summed E-state index contributed by atoms with van der Waals surface area (Å²) < 4.78 is 27.6. The standard InChI is InChI=1S/C22H19ClF2N4O2/c23-18-12-16(25)5-8-19(18)26-22(31)14-2-1-11-28(13-14)20-9-10-21(30)29(27-20)17-6-3-15(24)4-7-17/h3-10,12,14H,1-2,11,13H2,(H,26,31). The van der Waals surface area contributed by atoms with Gasteiger partial charge in [0.05, 0.1) is 22.3 Å². The first-order valence-electron chi connectivity index (χ1n) is 9.78. The Bertz CT molecular complexity index is 1170. The molecule has 1 unspecified atom stereocenters. The highest BCUT2D eigenvalue weighted by molar-refractivity contribution is 6.33. The molecule has 1 aromatic heterocycles. The van der Waals surface area contributed by atoms with Crippen LogP contribution in [0, 0.1) is 17.6 Å². The van der Waals surface area contributed by atoms with Crippen molar-refractivity contribution in [3.63, 3.8) is 0 Å². The number of rotatable bonds is 4. The second kappa shape index (κ2) is 8.85. The minimum Gasteiger partial charge on any atom is -0.354 e. The summed E-state index contributed by atoms with van der Waals surface area (Å²) in [5, 5.41) is 7.30. The van der Waals surface area contributed by atoms with Gasteiger partial charge in [-0.1, -0.05) is 11.6 Å². The normalized spacial score (nSPS) is 16.2. The molecule has 1 amide bonds. The molecule has 1 aliphatic heterocycles. The number of halogens is 3. The third kappa shape index (κ3) is 4.74. The van der Waals surface area contributed by atoms with Crippen molar-refractivity contribution >= 4 is 29.0 Å². The van der Waals surface area contributed by atoms with Crippen LogP contribution in [0.4, 0.5) is 20.3 Å². The first kappa shape index (κ1) is 21.0. The van der Waals surface area contributed by atoms with E-state index in [1.54, 1.807) is 6.07 Å². The fourth-order valence-corrected chi connectivity index (χ4v) is 3.78. The lowest BCUT2D eigenvalue weighted by Gasteiger charge is -2.33. The Morgan fingerprint density at radius 3 is 2.55 bits per heavy atom. The minimum absolute atomic E-state index is 0.133. The molecule has 6 nitrogen and oxygen atoms in total. The van der Waals surface area contributed by atoms with Gasteiger partial charge in [-0.05, 0) is 61.4 Å². The van der Waals surface area contributed by atoms with Crippen molar-refractivity contribution in [2.24, 2.45) is 5.92 Å². The molecular formula is C22H19ClF2N4O2. The Labute approximate surface area is 182 Å². The number of carbonyl (C=O) groups is 1. The van der Waals surface area contributed by atoms with Gasteiger partial charge in [-0.15, -0.1) is 5.10 Å². The molecule has 1 N–H and O–H groups in total. The van der Waals surface area contributed by atoms with Crippen molar-refractivity contribution in [2.45, 2.75) is 12.8 Å². The second-order valence-corrected chi connectivity index (χ2v) is 7.72. The first-order chi connectivity index (χ1) is 14.9. The Hall–Kier alpha value is -3.26. The molecule has 9 heteroatoms. The van der Waals surface area contributed by atoms with E-state index in [2.05, 4.69) is 10.4 Å². The van der Waals surface area contributed by atoms with E-state index in [0.717, 1.165) is 12.5 Å². The Morgan fingerprint density at radius 2 is 1.81 bits per heavy atom. The van der Waals surface area contributed by atoms with E-state index in [9.17, 15) is 18.4 Å². The highest BCUT2D eigenvalue weighted by Crippen LogP contribution is 2.26.